The summed E-state index contributed by atoms with van der Waals surface area (Å²) in [4.78, 5) is 58.6. The summed E-state index contributed by atoms with van der Waals surface area (Å²) in [7, 11) is 0. The van der Waals surface area contributed by atoms with Gasteiger partial charge < -0.3 is 19.9 Å². The Balaban J connectivity index is 1.53. The maximum atomic E-state index is 13.9. The number of ether oxygens (including phenoxy) is 1. The number of nitrogens with one attached hydrogen (secondary N) is 3. The van der Waals surface area contributed by atoms with Crippen LogP contribution in [0.15, 0.2) is 36.4 Å². The lowest BCUT2D eigenvalue weighted by Crippen LogP contribution is -2.61. The number of pyridine rings is 1. The molecule has 12 heteroatoms. The van der Waals surface area contributed by atoms with Crippen LogP contribution in [0.1, 0.15) is 70.7 Å². The van der Waals surface area contributed by atoms with Crippen LogP contribution in [0.4, 0.5) is 0 Å². The lowest BCUT2D eigenvalue weighted by Gasteiger charge is -2.36. The first-order valence-electron chi connectivity index (χ1n) is 15.3. The van der Waals surface area contributed by atoms with Crippen LogP contribution in [0.2, 0.25) is 0 Å². The summed E-state index contributed by atoms with van der Waals surface area (Å²) < 4.78 is 18.2. The summed E-state index contributed by atoms with van der Waals surface area (Å²) >= 11 is -1.03. The molecule has 3 amide bonds. The zero-order valence-electron chi connectivity index (χ0n) is 25.6. The molecule has 1 spiro atoms. The number of hydrazine groups is 1. The Kier molecular flexibility index (Phi) is 9.62. The van der Waals surface area contributed by atoms with E-state index in [4.69, 9.17) is 9.72 Å². The van der Waals surface area contributed by atoms with Gasteiger partial charge >= 0.3 is 5.97 Å². The molecule has 3 aliphatic heterocycles. The standard InChI is InChI=1S/C32H41N5O6S/c1-19(2)27-29(39)34-21(4)30(40)37-15-5-6-25(36-37)28(38)33-20(3)24-10-9-23-8-7-22(18-26(23)35-24)11-12-32(31(41)43-27)13-16-44(42)17-14-32/h7-12,18-21,25,27,36H,5-6,13-17H2,1-4H3,(H,33,38)(H,34,39)/b12-11+/t20-,21?,25?,27?,32?,44?/m1/s1. The van der Waals surface area contributed by atoms with Crippen LogP contribution in [-0.4, -0.2) is 74.5 Å². The molecule has 0 radical (unpaired) electrons. The second kappa shape index (κ2) is 13.3. The molecule has 0 aliphatic carbocycles. The van der Waals surface area contributed by atoms with E-state index in [2.05, 4.69) is 16.1 Å². The van der Waals surface area contributed by atoms with E-state index in [1.807, 2.05) is 49.4 Å². The van der Waals surface area contributed by atoms with Crippen LogP contribution in [0.5, 0.6) is 0 Å². The van der Waals surface area contributed by atoms with Crippen molar-refractivity contribution < 1.29 is 28.5 Å². The molecular formula is C32H41N5O6S. The Bertz CT molecular complexity index is 1460. The summed E-state index contributed by atoms with van der Waals surface area (Å²) in [6.45, 7) is 7.36. The van der Waals surface area contributed by atoms with Crippen LogP contribution in [0.25, 0.3) is 17.0 Å². The molecule has 1 aromatic heterocycles. The van der Waals surface area contributed by atoms with Gasteiger partial charge in [-0.3, -0.25) is 29.2 Å². The predicted octanol–water partition coefficient (Wildman–Crippen LogP) is 2.54. The average Bonchev–Trinajstić information content (AvgIpc) is 3.01. The number of amides is 3. The van der Waals surface area contributed by atoms with Crippen LogP contribution in [0.3, 0.4) is 0 Å². The second-order valence-corrected chi connectivity index (χ2v) is 14.1. The Labute approximate surface area is 260 Å². The molecular weight excluding hydrogens is 582 g/mol. The molecule has 5 rings (SSSR count). The van der Waals surface area contributed by atoms with Gasteiger partial charge in [-0.15, -0.1) is 0 Å². The lowest BCUT2D eigenvalue weighted by atomic mass is 9.81. The van der Waals surface area contributed by atoms with Crippen LogP contribution < -0.4 is 16.1 Å². The monoisotopic (exact) mass is 623 g/mol. The van der Waals surface area contributed by atoms with Gasteiger partial charge in [0.25, 0.3) is 11.8 Å². The highest BCUT2D eigenvalue weighted by Crippen LogP contribution is 2.37. The normalized spacial score (nSPS) is 31.5. The number of cyclic esters (lactones) is 1. The minimum absolute atomic E-state index is 0.248. The van der Waals surface area contributed by atoms with Crippen molar-refractivity contribution in [1.29, 1.82) is 0 Å². The Morgan fingerprint density at radius 3 is 2.45 bits per heavy atom. The number of hydrogen-bond acceptors (Lipinski definition) is 8. The fourth-order valence-corrected chi connectivity index (χ4v) is 7.23. The van der Waals surface area contributed by atoms with Crippen molar-refractivity contribution in [2.75, 3.05) is 18.1 Å². The van der Waals surface area contributed by atoms with E-state index >= 15 is 0 Å². The van der Waals surface area contributed by atoms with Crippen molar-refractivity contribution in [3.63, 3.8) is 0 Å². The zero-order valence-corrected chi connectivity index (χ0v) is 26.4. The lowest BCUT2D eigenvalue weighted by molar-refractivity contribution is -0.167. The van der Waals surface area contributed by atoms with E-state index in [9.17, 15) is 23.7 Å². The number of rotatable bonds is 1. The minimum Gasteiger partial charge on any atom is -0.616 e. The fraction of sp³-hybridized carbons (Fsp3) is 0.531. The van der Waals surface area contributed by atoms with E-state index in [-0.39, 0.29) is 17.9 Å². The van der Waals surface area contributed by atoms with Gasteiger partial charge in [0.1, 0.15) is 23.6 Å². The van der Waals surface area contributed by atoms with Gasteiger partial charge in [-0.05, 0) is 50.3 Å². The third kappa shape index (κ3) is 6.92. The molecule has 1 aromatic carbocycles. The molecule has 3 unspecified atom stereocenters. The number of nitrogens with zero attached hydrogens (tertiary/aromatic N) is 2. The maximum Gasteiger partial charge on any atom is 0.317 e. The summed E-state index contributed by atoms with van der Waals surface area (Å²) in [6.07, 6.45) is 4.32. The van der Waals surface area contributed by atoms with Crippen molar-refractivity contribution in [1.82, 2.24) is 26.1 Å². The number of carbonyl (C=O) groups is 4. The highest BCUT2D eigenvalue weighted by atomic mass is 32.2. The van der Waals surface area contributed by atoms with E-state index in [0.29, 0.717) is 49.4 Å². The predicted molar refractivity (Wildman–Crippen MR) is 167 cm³/mol. The molecule has 11 nitrogen and oxygen atoms in total. The highest BCUT2D eigenvalue weighted by Gasteiger charge is 2.45. The van der Waals surface area contributed by atoms with E-state index < -0.39 is 52.6 Å². The van der Waals surface area contributed by atoms with E-state index in [1.165, 1.54) is 5.01 Å². The number of benzene rings is 1. The molecule has 3 aliphatic rings. The third-order valence-corrected chi connectivity index (χ3v) is 10.0. The van der Waals surface area contributed by atoms with E-state index in [0.717, 1.165) is 16.5 Å². The highest BCUT2D eigenvalue weighted by molar-refractivity contribution is 7.91. The van der Waals surface area contributed by atoms with Gasteiger partial charge in [0.15, 0.2) is 6.10 Å². The Hall–Kier alpha value is -3.48. The smallest absolute Gasteiger partial charge is 0.317 e. The van der Waals surface area contributed by atoms with E-state index in [1.54, 1.807) is 20.8 Å². The van der Waals surface area contributed by atoms with Gasteiger partial charge in [0, 0.05) is 24.8 Å². The van der Waals surface area contributed by atoms with Gasteiger partial charge in [0.05, 0.1) is 22.7 Å². The summed E-state index contributed by atoms with van der Waals surface area (Å²) in [5.74, 6) is -1.45. The first-order valence-corrected chi connectivity index (χ1v) is 16.8. The number of carbonyl (C=O) groups excluding carboxylic acids is 4. The summed E-state index contributed by atoms with van der Waals surface area (Å²) in [5, 5.41) is 8.04. The molecule has 44 heavy (non-hydrogen) atoms. The number of fused-ring (bicyclic) bond motifs is 4. The quantitative estimate of drug-likeness (QED) is 0.324. The van der Waals surface area contributed by atoms with Crippen LogP contribution in [-0.2, 0) is 35.1 Å². The van der Waals surface area contributed by atoms with Gasteiger partial charge in [-0.2, -0.15) is 0 Å². The molecule has 4 atom stereocenters. The van der Waals surface area contributed by atoms with Crippen molar-refractivity contribution in [3.8, 4) is 0 Å². The average molecular weight is 624 g/mol. The molecule has 3 N–H and O–H groups in total. The molecule has 4 heterocycles. The van der Waals surface area contributed by atoms with Crippen molar-refractivity contribution in [3.05, 3.63) is 47.7 Å². The Morgan fingerprint density at radius 2 is 1.73 bits per heavy atom. The minimum atomic E-state index is -1.14. The summed E-state index contributed by atoms with van der Waals surface area (Å²) in [5.41, 5.74) is 4.21. The second-order valence-electron chi connectivity index (χ2n) is 12.4. The number of hydrogen-bond donors (Lipinski definition) is 3. The molecule has 236 valence electrons. The van der Waals surface area contributed by atoms with Crippen molar-refractivity contribution >= 4 is 51.8 Å². The molecule has 2 saturated heterocycles. The fourth-order valence-electron chi connectivity index (χ4n) is 5.85. The number of aromatic nitrogens is 1. The van der Waals surface area contributed by atoms with Crippen LogP contribution >= 0.6 is 0 Å². The molecule has 0 saturated carbocycles. The van der Waals surface area contributed by atoms with Crippen LogP contribution in [0, 0.1) is 11.3 Å². The topological polar surface area (TPSA) is 153 Å². The van der Waals surface area contributed by atoms with Crippen molar-refractivity contribution in [2.45, 2.75) is 77.6 Å². The third-order valence-electron chi connectivity index (χ3n) is 8.69. The first kappa shape index (κ1) is 31.9. The van der Waals surface area contributed by atoms with Crippen molar-refractivity contribution in [2.24, 2.45) is 11.3 Å². The Morgan fingerprint density at radius 1 is 1.02 bits per heavy atom. The molecule has 2 aromatic rings. The SMILES string of the molecule is CC1NC(=O)C(C(C)C)OC(=O)C2(/C=C/c3ccc4ccc(nc4c3)[C@@H](C)NC(=O)C3CCCN(N3)C1=O)CC[S+]([O-])CC2. The number of esters is 1. The molecule has 2 fully saturated rings. The largest absolute Gasteiger partial charge is 0.616 e. The van der Waals surface area contributed by atoms with Gasteiger partial charge in [0.2, 0.25) is 5.91 Å². The maximum absolute atomic E-state index is 13.9. The van der Waals surface area contributed by atoms with Gasteiger partial charge in [-0.1, -0.05) is 55.4 Å². The van der Waals surface area contributed by atoms with Gasteiger partial charge in [-0.25, -0.2) is 5.43 Å². The molecule has 5 bridgehead atoms. The first-order chi connectivity index (χ1) is 21.0. The zero-order chi connectivity index (χ0) is 31.6. The summed E-state index contributed by atoms with van der Waals surface area (Å²) in [6, 6.07) is 7.69.